The van der Waals surface area contributed by atoms with E-state index >= 15 is 0 Å². The van der Waals surface area contributed by atoms with Gasteiger partial charge in [-0.15, -0.1) is 0 Å². The third-order valence-electron chi connectivity index (χ3n) is 4.59. The lowest BCUT2D eigenvalue weighted by Gasteiger charge is -2.19. The molecule has 6 nitrogen and oxygen atoms in total. The molecule has 3 aromatic rings. The molecular formula is C23H23F4N3O3. The maximum atomic E-state index is 13.9. The lowest BCUT2D eigenvalue weighted by atomic mass is 10.1. The standard InChI is InChI=1S/C23H23F4N3O3/c1-23(2,3)33-22(32)28-9-5-8-18-29-17-7-4-6-16(20(26)27)19(17)21(31)30(18)15-11-13(24)10-14(25)12-15/h4,6-7,10-12,20H,5,8-9H2,1-3H3,(H,28,32). The van der Waals surface area contributed by atoms with E-state index in [9.17, 15) is 27.2 Å². The Morgan fingerprint density at radius 2 is 1.82 bits per heavy atom. The van der Waals surface area contributed by atoms with E-state index in [1.54, 1.807) is 20.8 Å². The third kappa shape index (κ3) is 5.88. The van der Waals surface area contributed by atoms with Crippen molar-refractivity contribution in [2.24, 2.45) is 0 Å². The van der Waals surface area contributed by atoms with Crippen LogP contribution in [0.2, 0.25) is 0 Å². The van der Waals surface area contributed by atoms with E-state index in [1.165, 1.54) is 12.1 Å². The van der Waals surface area contributed by atoms with Gasteiger partial charge in [-0.05, 0) is 45.4 Å². The molecule has 1 aromatic heterocycles. The van der Waals surface area contributed by atoms with Crippen LogP contribution in [0.5, 0.6) is 0 Å². The SMILES string of the molecule is CC(C)(C)OC(=O)NCCCc1nc2cccc(C(F)F)c2c(=O)n1-c1cc(F)cc(F)c1. The number of carbonyl (C=O) groups is 1. The van der Waals surface area contributed by atoms with E-state index in [0.29, 0.717) is 12.5 Å². The van der Waals surface area contributed by atoms with E-state index in [0.717, 1.165) is 22.8 Å². The number of ether oxygens (including phenoxy) is 1. The van der Waals surface area contributed by atoms with Gasteiger partial charge in [0.15, 0.2) is 0 Å². The van der Waals surface area contributed by atoms with Crippen LogP contribution in [0, 0.1) is 11.6 Å². The summed E-state index contributed by atoms with van der Waals surface area (Å²) < 4.78 is 60.9. The number of aryl methyl sites for hydroxylation is 1. The Labute approximate surface area is 187 Å². The molecule has 3 rings (SSSR count). The summed E-state index contributed by atoms with van der Waals surface area (Å²) in [6, 6.07) is 6.36. The van der Waals surface area contributed by atoms with Crippen molar-refractivity contribution < 1.29 is 27.1 Å². The summed E-state index contributed by atoms with van der Waals surface area (Å²) in [4.78, 5) is 29.4. The molecule has 0 aliphatic heterocycles. The number of nitrogens with one attached hydrogen (secondary N) is 1. The minimum absolute atomic E-state index is 0.0426. The quantitative estimate of drug-likeness (QED) is 0.408. The summed E-state index contributed by atoms with van der Waals surface area (Å²) in [5, 5.41) is 2.24. The van der Waals surface area contributed by atoms with Crippen molar-refractivity contribution in [1.29, 1.82) is 0 Å². The zero-order valence-corrected chi connectivity index (χ0v) is 18.3. The Hall–Kier alpha value is -3.43. The van der Waals surface area contributed by atoms with Crippen molar-refractivity contribution in [1.82, 2.24) is 14.9 Å². The highest BCUT2D eigenvalue weighted by molar-refractivity contribution is 5.82. The fraction of sp³-hybridized carbons (Fsp3) is 0.348. The number of hydrogen-bond donors (Lipinski definition) is 1. The molecular weight excluding hydrogens is 442 g/mol. The van der Waals surface area contributed by atoms with Gasteiger partial charge in [-0.25, -0.2) is 27.3 Å². The number of aromatic nitrogens is 2. The molecule has 0 bridgehead atoms. The third-order valence-corrected chi connectivity index (χ3v) is 4.59. The number of alkyl carbamates (subject to hydrolysis) is 1. The van der Waals surface area contributed by atoms with Gasteiger partial charge < -0.3 is 10.1 Å². The Morgan fingerprint density at radius 3 is 2.42 bits per heavy atom. The van der Waals surface area contributed by atoms with E-state index in [4.69, 9.17) is 4.74 Å². The van der Waals surface area contributed by atoms with Crippen molar-refractivity contribution in [3.63, 3.8) is 0 Å². The van der Waals surface area contributed by atoms with Crippen molar-refractivity contribution >= 4 is 17.0 Å². The number of nitrogens with zero attached hydrogens (tertiary/aromatic N) is 2. The minimum Gasteiger partial charge on any atom is -0.444 e. The number of hydrogen-bond acceptors (Lipinski definition) is 4. The average Bonchev–Trinajstić information content (AvgIpc) is 2.68. The van der Waals surface area contributed by atoms with Crippen LogP contribution in [-0.4, -0.2) is 27.8 Å². The van der Waals surface area contributed by atoms with Crippen LogP contribution < -0.4 is 10.9 Å². The van der Waals surface area contributed by atoms with Crippen molar-refractivity contribution in [2.45, 2.75) is 45.6 Å². The summed E-state index contributed by atoms with van der Waals surface area (Å²) in [6.07, 6.45) is -3.16. The first-order valence-corrected chi connectivity index (χ1v) is 10.2. The maximum absolute atomic E-state index is 13.9. The molecule has 0 aliphatic carbocycles. The van der Waals surface area contributed by atoms with Gasteiger partial charge in [0.05, 0.1) is 16.6 Å². The maximum Gasteiger partial charge on any atom is 0.407 e. The van der Waals surface area contributed by atoms with Gasteiger partial charge in [0, 0.05) is 24.6 Å². The molecule has 0 radical (unpaired) electrons. The first kappa shape index (κ1) is 24.2. The fourth-order valence-electron chi connectivity index (χ4n) is 3.34. The fourth-order valence-corrected chi connectivity index (χ4v) is 3.34. The van der Waals surface area contributed by atoms with Crippen LogP contribution >= 0.6 is 0 Å². The highest BCUT2D eigenvalue weighted by Gasteiger charge is 2.20. The van der Waals surface area contributed by atoms with Gasteiger partial charge in [0.1, 0.15) is 23.1 Å². The number of fused-ring (bicyclic) bond motifs is 1. The lowest BCUT2D eigenvalue weighted by Crippen LogP contribution is -2.33. The zero-order chi connectivity index (χ0) is 24.3. The van der Waals surface area contributed by atoms with Crippen LogP contribution in [0.1, 0.15) is 45.0 Å². The second-order valence-electron chi connectivity index (χ2n) is 8.37. The molecule has 33 heavy (non-hydrogen) atoms. The molecule has 0 atom stereocenters. The Balaban J connectivity index is 2.01. The van der Waals surface area contributed by atoms with Gasteiger partial charge in [-0.3, -0.25) is 9.36 Å². The molecule has 0 saturated carbocycles. The molecule has 176 valence electrons. The van der Waals surface area contributed by atoms with E-state index in [1.807, 2.05) is 0 Å². The molecule has 0 fully saturated rings. The molecule has 0 saturated heterocycles. The summed E-state index contributed by atoms with van der Waals surface area (Å²) in [6.45, 7) is 5.32. The number of carbonyl (C=O) groups excluding carboxylic acids is 1. The predicted octanol–water partition coefficient (Wildman–Crippen LogP) is 5.06. The lowest BCUT2D eigenvalue weighted by molar-refractivity contribution is 0.0527. The first-order chi connectivity index (χ1) is 15.5. The molecule has 0 aliphatic rings. The van der Waals surface area contributed by atoms with Gasteiger partial charge in [0.25, 0.3) is 12.0 Å². The number of amides is 1. The van der Waals surface area contributed by atoms with Gasteiger partial charge in [-0.2, -0.15) is 0 Å². The van der Waals surface area contributed by atoms with Crippen LogP contribution in [0.25, 0.3) is 16.6 Å². The summed E-state index contributed by atoms with van der Waals surface area (Å²) in [5.74, 6) is -1.76. The highest BCUT2D eigenvalue weighted by Crippen LogP contribution is 2.26. The second-order valence-corrected chi connectivity index (χ2v) is 8.37. The summed E-state index contributed by atoms with van der Waals surface area (Å²) in [5.41, 5.74) is -2.19. The molecule has 1 amide bonds. The average molecular weight is 465 g/mol. The molecule has 2 aromatic carbocycles. The van der Waals surface area contributed by atoms with Crippen LogP contribution in [0.15, 0.2) is 41.2 Å². The first-order valence-electron chi connectivity index (χ1n) is 10.2. The molecule has 1 N–H and O–H groups in total. The number of rotatable bonds is 6. The number of alkyl halides is 2. The highest BCUT2D eigenvalue weighted by atomic mass is 19.3. The molecule has 1 heterocycles. The number of benzene rings is 2. The monoisotopic (exact) mass is 465 g/mol. The molecule has 0 spiro atoms. The minimum atomic E-state index is -2.94. The molecule has 0 unspecified atom stereocenters. The summed E-state index contributed by atoms with van der Waals surface area (Å²) in [7, 11) is 0. The van der Waals surface area contributed by atoms with Gasteiger partial charge >= 0.3 is 6.09 Å². The Bertz CT molecular complexity index is 1220. The van der Waals surface area contributed by atoms with Crippen LogP contribution in [0.4, 0.5) is 22.4 Å². The second kappa shape index (κ2) is 9.60. The Morgan fingerprint density at radius 1 is 1.15 bits per heavy atom. The van der Waals surface area contributed by atoms with Crippen molar-refractivity contribution in [3.05, 3.63) is 69.8 Å². The normalized spacial score (nSPS) is 11.8. The van der Waals surface area contributed by atoms with E-state index < -0.39 is 40.9 Å². The van der Waals surface area contributed by atoms with Crippen molar-refractivity contribution in [2.75, 3.05) is 6.54 Å². The van der Waals surface area contributed by atoms with E-state index in [-0.39, 0.29) is 35.4 Å². The Kier molecular flexibility index (Phi) is 7.04. The zero-order valence-electron chi connectivity index (χ0n) is 18.3. The molecule has 10 heteroatoms. The van der Waals surface area contributed by atoms with Gasteiger partial charge in [-0.1, -0.05) is 12.1 Å². The largest absolute Gasteiger partial charge is 0.444 e. The smallest absolute Gasteiger partial charge is 0.407 e. The van der Waals surface area contributed by atoms with Crippen molar-refractivity contribution in [3.8, 4) is 5.69 Å². The number of halogens is 4. The summed E-state index contributed by atoms with van der Waals surface area (Å²) >= 11 is 0. The van der Waals surface area contributed by atoms with Gasteiger partial charge in [0.2, 0.25) is 0 Å². The predicted molar refractivity (Wildman–Crippen MR) is 115 cm³/mol. The van der Waals surface area contributed by atoms with Crippen LogP contribution in [-0.2, 0) is 11.2 Å². The topological polar surface area (TPSA) is 73.2 Å². The van der Waals surface area contributed by atoms with E-state index in [2.05, 4.69) is 10.3 Å². The van der Waals surface area contributed by atoms with Crippen LogP contribution in [0.3, 0.4) is 0 Å².